The molecule has 3 aliphatic rings. The fraction of sp³-hybridized carbons (Fsp3) is 0.429. The van der Waals surface area contributed by atoms with Crippen molar-refractivity contribution in [2.45, 2.75) is 19.3 Å². The molecule has 0 bridgehead atoms. The Kier molecular flexibility index (Phi) is 2.35. The summed E-state index contributed by atoms with van der Waals surface area (Å²) >= 11 is 0. The number of ketones is 2. The summed E-state index contributed by atoms with van der Waals surface area (Å²) < 4.78 is 4.82. The summed E-state index contributed by atoms with van der Waals surface area (Å²) in [6, 6.07) is 0. The van der Waals surface area contributed by atoms with Crippen LogP contribution in [0.2, 0.25) is 0 Å². The molecule has 0 aromatic heterocycles. The molecule has 92 valence electrons. The minimum Gasteiger partial charge on any atom is -0.424 e. The number of hydrogen-bond acceptors (Lipinski definition) is 4. The monoisotopic (exact) mass is 244 g/mol. The molecule has 0 spiro atoms. The number of fused-ring (bicyclic) bond motifs is 1. The van der Waals surface area contributed by atoms with Crippen molar-refractivity contribution in [3.05, 3.63) is 29.7 Å². The van der Waals surface area contributed by atoms with Crippen molar-refractivity contribution in [2.75, 3.05) is 0 Å². The number of rotatable bonds is 1. The zero-order valence-electron chi connectivity index (χ0n) is 9.77. The van der Waals surface area contributed by atoms with Crippen LogP contribution in [0.25, 0.3) is 0 Å². The van der Waals surface area contributed by atoms with Crippen molar-refractivity contribution >= 4 is 17.5 Å². The molecular weight excluding hydrogens is 232 g/mol. The van der Waals surface area contributed by atoms with Crippen LogP contribution >= 0.6 is 0 Å². The van der Waals surface area contributed by atoms with Crippen LogP contribution < -0.4 is 0 Å². The van der Waals surface area contributed by atoms with Crippen molar-refractivity contribution in [1.82, 2.24) is 0 Å². The number of hydrogen-bond donors (Lipinski definition) is 0. The fourth-order valence-electron chi connectivity index (χ4n) is 2.84. The third-order valence-electron chi connectivity index (χ3n) is 4.01. The summed E-state index contributed by atoms with van der Waals surface area (Å²) in [7, 11) is 0. The maximum atomic E-state index is 12.4. The number of carbonyl (C=O) groups is 3. The average Bonchev–Trinajstić information content (AvgIpc) is 2.56. The van der Waals surface area contributed by atoms with Crippen LogP contribution in [-0.4, -0.2) is 17.5 Å². The van der Waals surface area contributed by atoms with Crippen LogP contribution in [0.3, 0.4) is 0 Å². The Morgan fingerprint density at radius 2 is 2.00 bits per heavy atom. The van der Waals surface area contributed by atoms with Crippen LogP contribution in [0.15, 0.2) is 29.7 Å². The summed E-state index contributed by atoms with van der Waals surface area (Å²) in [5.41, 5.74) is 3.39. The molecule has 2 fully saturated rings. The molecule has 4 nitrogen and oxygen atoms in total. The van der Waals surface area contributed by atoms with Gasteiger partial charge >= 0.3 is 5.97 Å². The highest BCUT2D eigenvalue weighted by Gasteiger charge is 2.52. The van der Waals surface area contributed by atoms with Crippen molar-refractivity contribution in [1.29, 1.82) is 0 Å². The van der Waals surface area contributed by atoms with Gasteiger partial charge in [0.25, 0.3) is 5.78 Å². The summed E-state index contributed by atoms with van der Waals surface area (Å²) in [5, 5.41) is 0. The van der Waals surface area contributed by atoms with Crippen molar-refractivity contribution < 1.29 is 19.1 Å². The van der Waals surface area contributed by atoms with Crippen molar-refractivity contribution in [3.63, 3.8) is 0 Å². The smallest absolute Gasteiger partial charge is 0.380 e. The summed E-state index contributed by atoms with van der Waals surface area (Å²) in [4.78, 5) is 35.3. The Morgan fingerprint density at radius 3 is 2.56 bits per heavy atom. The first-order chi connectivity index (χ1) is 8.63. The van der Waals surface area contributed by atoms with Crippen LogP contribution in [-0.2, 0) is 19.1 Å². The summed E-state index contributed by atoms with van der Waals surface area (Å²) in [5.74, 6) is -2.85. The molecule has 4 heteroatoms. The molecule has 1 saturated carbocycles. The van der Waals surface area contributed by atoms with Crippen LogP contribution in [0.5, 0.6) is 0 Å². The zero-order valence-corrected chi connectivity index (χ0v) is 9.77. The van der Waals surface area contributed by atoms with Gasteiger partial charge in [-0.05, 0) is 24.8 Å². The third kappa shape index (κ3) is 1.36. The molecule has 2 atom stereocenters. The predicted octanol–water partition coefficient (Wildman–Crippen LogP) is 1.32. The average molecular weight is 244 g/mol. The van der Waals surface area contributed by atoms with E-state index >= 15 is 0 Å². The van der Waals surface area contributed by atoms with Gasteiger partial charge in [-0.3, -0.25) is 9.59 Å². The van der Waals surface area contributed by atoms with E-state index in [-0.39, 0.29) is 23.4 Å². The first-order valence-electron chi connectivity index (χ1n) is 6.04. The molecule has 1 heterocycles. The molecule has 1 aliphatic heterocycles. The highest BCUT2D eigenvalue weighted by molar-refractivity contribution is 6.42. The van der Waals surface area contributed by atoms with Gasteiger partial charge in [0.05, 0.1) is 5.92 Å². The first-order valence-corrected chi connectivity index (χ1v) is 6.04. The summed E-state index contributed by atoms with van der Waals surface area (Å²) in [6.07, 6.45) is 4.63. The maximum Gasteiger partial charge on any atom is 0.380 e. The van der Waals surface area contributed by atoms with Gasteiger partial charge in [-0.15, -0.1) is 5.73 Å². The molecule has 0 N–H and O–H groups in total. The van der Waals surface area contributed by atoms with Gasteiger partial charge in [0.15, 0.2) is 5.78 Å². The lowest BCUT2D eigenvalue weighted by atomic mass is 9.66. The van der Waals surface area contributed by atoms with Crippen molar-refractivity contribution in [2.24, 2.45) is 17.8 Å². The third-order valence-corrected chi connectivity index (χ3v) is 4.01. The molecular formula is C14H12O4. The van der Waals surface area contributed by atoms with Gasteiger partial charge in [0.2, 0.25) is 0 Å². The van der Waals surface area contributed by atoms with Gasteiger partial charge < -0.3 is 4.74 Å². The van der Waals surface area contributed by atoms with E-state index in [1.165, 1.54) is 0 Å². The molecule has 0 aromatic rings. The lowest BCUT2D eigenvalue weighted by Crippen LogP contribution is -2.39. The topological polar surface area (TPSA) is 60.4 Å². The Labute approximate surface area is 104 Å². The molecule has 18 heavy (non-hydrogen) atoms. The van der Waals surface area contributed by atoms with Gasteiger partial charge in [0, 0.05) is 5.57 Å². The van der Waals surface area contributed by atoms with Crippen LogP contribution in [0.1, 0.15) is 19.3 Å². The molecule has 3 rings (SSSR count). The molecule has 0 aromatic carbocycles. The highest BCUT2D eigenvalue weighted by Crippen LogP contribution is 2.44. The van der Waals surface area contributed by atoms with E-state index in [4.69, 9.17) is 4.74 Å². The SMILES string of the molecule is C=C=C1C=C2OC(=O)C(=O)C2C(=O)C1C1CCC1. The number of esters is 1. The molecule has 1 saturated heterocycles. The number of ether oxygens (including phenoxy) is 1. The van der Waals surface area contributed by atoms with Crippen LogP contribution in [0.4, 0.5) is 0 Å². The second kappa shape index (κ2) is 3.79. The molecule has 2 unspecified atom stereocenters. The number of allylic oxidation sites excluding steroid dienone is 3. The van der Waals surface area contributed by atoms with Crippen LogP contribution in [0, 0.1) is 17.8 Å². The highest BCUT2D eigenvalue weighted by atomic mass is 16.6. The minimum atomic E-state index is -1.01. The Balaban J connectivity index is 2.05. The van der Waals surface area contributed by atoms with E-state index in [1.807, 2.05) is 0 Å². The van der Waals surface area contributed by atoms with E-state index in [0.717, 1.165) is 19.3 Å². The predicted molar refractivity (Wildman–Crippen MR) is 61.2 cm³/mol. The molecule has 2 aliphatic carbocycles. The molecule has 0 amide bonds. The van der Waals surface area contributed by atoms with Gasteiger partial charge in [-0.1, -0.05) is 13.0 Å². The molecule has 0 radical (unpaired) electrons. The van der Waals surface area contributed by atoms with Gasteiger partial charge in [-0.2, -0.15) is 0 Å². The normalized spacial score (nSPS) is 31.4. The fourth-order valence-corrected chi connectivity index (χ4v) is 2.84. The van der Waals surface area contributed by atoms with Gasteiger partial charge in [0.1, 0.15) is 11.7 Å². The number of Topliss-reactive ketones (excluding diaryl/α,β-unsaturated/α-hetero) is 2. The largest absolute Gasteiger partial charge is 0.424 e. The lowest BCUT2D eigenvalue weighted by Gasteiger charge is -2.35. The van der Waals surface area contributed by atoms with Gasteiger partial charge in [-0.25, -0.2) is 4.79 Å². The van der Waals surface area contributed by atoms with E-state index in [1.54, 1.807) is 6.08 Å². The standard InChI is InChI=1S/C14H12O4/c1-2-7-6-9-11(13(16)14(17)18-9)12(15)10(7)8-4-3-5-8/h6,8,10-11H,1,3-5H2. The quantitative estimate of drug-likeness (QED) is 0.302. The Morgan fingerprint density at radius 1 is 1.28 bits per heavy atom. The second-order valence-corrected chi connectivity index (χ2v) is 4.94. The first kappa shape index (κ1) is 11.2. The number of carbonyl (C=O) groups excluding carboxylic acids is 3. The minimum absolute atomic E-state index is 0.150. The summed E-state index contributed by atoms with van der Waals surface area (Å²) in [6.45, 7) is 3.58. The van der Waals surface area contributed by atoms with E-state index in [2.05, 4.69) is 12.3 Å². The van der Waals surface area contributed by atoms with E-state index in [0.29, 0.717) is 5.57 Å². The Hall–Kier alpha value is -1.93. The van der Waals surface area contributed by atoms with E-state index < -0.39 is 17.7 Å². The second-order valence-electron chi connectivity index (χ2n) is 4.94. The van der Waals surface area contributed by atoms with Crippen molar-refractivity contribution in [3.8, 4) is 0 Å². The Bertz CT molecular complexity index is 544. The zero-order chi connectivity index (χ0) is 12.9. The van der Waals surface area contributed by atoms with E-state index in [9.17, 15) is 14.4 Å². The lowest BCUT2D eigenvalue weighted by molar-refractivity contribution is -0.147. The maximum absolute atomic E-state index is 12.4.